The van der Waals surface area contributed by atoms with Gasteiger partial charge in [-0.3, -0.25) is 9.00 Å². The second-order valence-corrected chi connectivity index (χ2v) is 8.14. The van der Waals surface area contributed by atoms with Crippen LogP contribution in [0.5, 0.6) is 5.75 Å². The van der Waals surface area contributed by atoms with Gasteiger partial charge in [-0.2, -0.15) is 0 Å². The van der Waals surface area contributed by atoms with Crippen LogP contribution < -0.4 is 4.74 Å². The van der Waals surface area contributed by atoms with E-state index in [0.29, 0.717) is 5.75 Å². The molecule has 1 saturated heterocycles. The molecular weight excluding hydrogens is 346 g/mol. The number of rotatable bonds is 7. The fraction of sp³-hybridized carbons (Fsp3) is 0.381. The van der Waals surface area contributed by atoms with Crippen LogP contribution in [-0.4, -0.2) is 47.4 Å². The smallest absolute Gasteiger partial charge is 0.166 e. The maximum absolute atomic E-state index is 12.6. The number of ketones is 1. The molecule has 0 saturated carbocycles. The lowest BCUT2D eigenvalue weighted by atomic mass is 9.89. The third-order valence-corrected chi connectivity index (χ3v) is 6.28. The molecule has 0 amide bonds. The van der Waals surface area contributed by atoms with E-state index in [-0.39, 0.29) is 11.7 Å². The molecule has 3 rings (SSSR count). The van der Waals surface area contributed by atoms with Crippen molar-refractivity contribution in [3.63, 3.8) is 0 Å². The summed E-state index contributed by atoms with van der Waals surface area (Å²) < 4.78 is 17.5. The highest BCUT2D eigenvalue weighted by atomic mass is 32.2. The molecule has 4 nitrogen and oxygen atoms in total. The molecule has 1 aliphatic rings. The number of methoxy groups -OCH3 is 1. The summed E-state index contributed by atoms with van der Waals surface area (Å²) in [7, 11) is 0.666. The van der Waals surface area contributed by atoms with E-state index in [4.69, 9.17) is 4.74 Å². The largest absolute Gasteiger partial charge is 0.497 e. The number of hydrogen-bond acceptors (Lipinski definition) is 4. The number of nitrogens with zero attached hydrogens (tertiary/aromatic N) is 1. The molecule has 0 unspecified atom stereocenters. The standard InChI is InChI=1S/C21H25NO3S/c1-25-19-9-7-17(8-10-19)21(23)18-11-13-22(14-12-18)15-16-26(24)20-5-3-2-4-6-20/h2-10,18H,11-16H2,1H3/t26-/m1/s1. The highest BCUT2D eigenvalue weighted by Crippen LogP contribution is 2.23. The van der Waals surface area contributed by atoms with Crippen LogP contribution in [0.4, 0.5) is 0 Å². The number of hydrogen-bond donors (Lipinski definition) is 0. The van der Waals surface area contributed by atoms with Crippen molar-refractivity contribution in [2.24, 2.45) is 5.92 Å². The molecular formula is C21H25NO3S. The summed E-state index contributed by atoms with van der Waals surface area (Å²) in [5.74, 6) is 1.71. The Hall–Kier alpha value is -1.98. The van der Waals surface area contributed by atoms with Gasteiger partial charge >= 0.3 is 0 Å². The van der Waals surface area contributed by atoms with Crippen molar-refractivity contribution in [1.82, 2.24) is 4.90 Å². The quantitative estimate of drug-likeness (QED) is 0.700. The minimum atomic E-state index is -0.956. The Balaban J connectivity index is 1.46. The number of carbonyl (C=O) groups excluding carboxylic acids is 1. The minimum absolute atomic E-state index is 0.0827. The van der Waals surface area contributed by atoms with Crippen LogP contribution in [0, 0.1) is 5.92 Å². The van der Waals surface area contributed by atoms with Gasteiger partial charge in [0.05, 0.1) is 17.9 Å². The molecule has 1 atom stereocenters. The normalized spacial score (nSPS) is 17.0. The number of carbonyl (C=O) groups is 1. The van der Waals surface area contributed by atoms with Gasteiger partial charge in [0.2, 0.25) is 0 Å². The molecule has 138 valence electrons. The first-order valence-corrected chi connectivity index (χ1v) is 10.3. The highest BCUT2D eigenvalue weighted by molar-refractivity contribution is 7.85. The highest BCUT2D eigenvalue weighted by Gasteiger charge is 2.25. The SMILES string of the molecule is COc1ccc(C(=O)C2CCN(CC[S@@](=O)c3ccccc3)CC2)cc1. The maximum atomic E-state index is 12.6. The first kappa shape index (κ1) is 18.8. The Morgan fingerprint density at radius 1 is 1.08 bits per heavy atom. The van der Waals surface area contributed by atoms with Crippen LogP contribution >= 0.6 is 0 Å². The molecule has 1 fully saturated rings. The van der Waals surface area contributed by atoms with Gasteiger partial charge in [-0.05, 0) is 62.3 Å². The fourth-order valence-electron chi connectivity index (χ4n) is 3.31. The average Bonchev–Trinajstić information content (AvgIpc) is 2.72. The third kappa shape index (κ3) is 4.80. The van der Waals surface area contributed by atoms with Gasteiger partial charge in [0.1, 0.15) is 5.75 Å². The van der Waals surface area contributed by atoms with E-state index in [1.54, 1.807) is 7.11 Å². The van der Waals surface area contributed by atoms with Gasteiger partial charge in [0.15, 0.2) is 5.78 Å². The lowest BCUT2D eigenvalue weighted by molar-refractivity contribution is 0.0845. The maximum Gasteiger partial charge on any atom is 0.166 e. The van der Waals surface area contributed by atoms with Crippen molar-refractivity contribution < 1.29 is 13.7 Å². The molecule has 0 aliphatic carbocycles. The first-order valence-electron chi connectivity index (χ1n) is 9.01. The van der Waals surface area contributed by atoms with Gasteiger partial charge in [-0.1, -0.05) is 18.2 Å². The Labute approximate surface area is 157 Å². The molecule has 2 aromatic rings. The molecule has 5 heteroatoms. The molecule has 0 radical (unpaired) electrons. The molecule has 0 bridgehead atoms. The Morgan fingerprint density at radius 2 is 1.73 bits per heavy atom. The van der Waals surface area contributed by atoms with Crippen LogP contribution in [0.15, 0.2) is 59.5 Å². The zero-order valence-electron chi connectivity index (χ0n) is 15.1. The predicted molar refractivity (Wildman–Crippen MR) is 104 cm³/mol. The van der Waals surface area contributed by atoms with E-state index in [1.165, 1.54) is 0 Å². The van der Waals surface area contributed by atoms with E-state index < -0.39 is 10.8 Å². The summed E-state index contributed by atoms with van der Waals surface area (Å²) in [6.07, 6.45) is 1.73. The number of ether oxygens (including phenoxy) is 1. The van der Waals surface area contributed by atoms with Crippen molar-refractivity contribution >= 4 is 16.6 Å². The Bertz CT molecular complexity index is 738. The molecule has 26 heavy (non-hydrogen) atoms. The monoisotopic (exact) mass is 371 g/mol. The predicted octanol–water partition coefficient (Wildman–Crippen LogP) is 3.40. The van der Waals surface area contributed by atoms with E-state index in [0.717, 1.165) is 48.7 Å². The Morgan fingerprint density at radius 3 is 2.35 bits per heavy atom. The van der Waals surface area contributed by atoms with Gasteiger partial charge in [0, 0.05) is 28.7 Å². The number of benzene rings is 2. The van der Waals surface area contributed by atoms with Crippen LogP contribution in [0.2, 0.25) is 0 Å². The van der Waals surface area contributed by atoms with Gasteiger partial charge in [-0.15, -0.1) is 0 Å². The number of likely N-dealkylation sites (tertiary alicyclic amines) is 1. The van der Waals surface area contributed by atoms with Crippen molar-refractivity contribution in [3.8, 4) is 5.75 Å². The van der Waals surface area contributed by atoms with Crippen molar-refractivity contribution in [2.45, 2.75) is 17.7 Å². The molecule has 0 N–H and O–H groups in total. The third-order valence-electron chi connectivity index (χ3n) is 4.93. The second-order valence-electron chi connectivity index (χ2n) is 6.57. The van der Waals surface area contributed by atoms with E-state index >= 15 is 0 Å². The topological polar surface area (TPSA) is 46.6 Å². The van der Waals surface area contributed by atoms with E-state index in [2.05, 4.69) is 4.90 Å². The second kappa shape index (κ2) is 9.10. The fourth-order valence-corrected chi connectivity index (χ4v) is 4.43. The van der Waals surface area contributed by atoms with Gasteiger partial charge in [-0.25, -0.2) is 0 Å². The van der Waals surface area contributed by atoms with Crippen molar-refractivity contribution in [2.75, 3.05) is 32.5 Å². The first-order chi connectivity index (χ1) is 12.7. The van der Waals surface area contributed by atoms with Crippen LogP contribution in [-0.2, 0) is 10.8 Å². The van der Waals surface area contributed by atoms with Crippen LogP contribution in [0.3, 0.4) is 0 Å². The molecule has 0 aromatic heterocycles. The van der Waals surface area contributed by atoms with Crippen LogP contribution in [0.25, 0.3) is 0 Å². The van der Waals surface area contributed by atoms with E-state index in [1.807, 2.05) is 54.6 Å². The Kier molecular flexibility index (Phi) is 6.58. The van der Waals surface area contributed by atoms with E-state index in [9.17, 15) is 9.00 Å². The summed E-state index contributed by atoms with van der Waals surface area (Å²) in [5, 5.41) is 0. The average molecular weight is 372 g/mol. The molecule has 2 aromatic carbocycles. The van der Waals surface area contributed by atoms with Crippen molar-refractivity contribution in [3.05, 3.63) is 60.2 Å². The summed E-state index contributed by atoms with van der Waals surface area (Å²) in [4.78, 5) is 15.9. The molecule has 1 heterocycles. The lowest BCUT2D eigenvalue weighted by Gasteiger charge is -2.31. The summed E-state index contributed by atoms with van der Waals surface area (Å²) in [6, 6.07) is 17.0. The minimum Gasteiger partial charge on any atom is -0.497 e. The molecule has 0 spiro atoms. The zero-order chi connectivity index (χ0) is 18.4. The van der Waals surface area contributed by atoms with Gasteiger partial charge in [0.25, 0.3) is 0 Å². The number of Topliss-reactive ketones (excluding diaryl/α,β-unsaturated/α-hetero) is 1. The summed E-state index contributed by atoms with van der Waals surface area (Å²) in [6.45, 7) is 2.59. The van der Waals surface area contributed by atoms with Crippen molar-refractivity contribution in [1.29, 1.82) is 0 Å². The number of piperidine rings is 1. The van der Waals surface area contributed by atoms with Crippen LogP contribution in [0.1, 0.15) is 23.2 Å². The summed E-state index contributed by atoms with van der Waals surface area (Å²) >= 11 is 0. The lowest BCUT2D eigenvalue weighted by Crippen LogP contribution is -2.38. The zero-order valence-corrected chi connectivity index (χ0v) is 15.9. The van der Waals surface area contributed by atoms with Gasteiger partial charge < -0.3 is 9.64 Å². The summed E-state index contributed by atoms with van der Waals surface area (Å²) in [5.41, 5.74) is 0.759. The molecule has 1 aliphatic heterocycles.